The molecule has 4 aromatic rings. The number of nitrogens with one attached hydrogen (secondary N) is 2. The molecular weight excluding hydrogens is 613 g/mol. The summed E-state index contributed by atoms with van der Waals surface area (Å²) in [5, 5.41) is -1.88. The smallest absolute Gasteiger partial charge is 0.335 e. The lowest BCUT2D eigenvalue weighted by Gasteiger charge is -2.07. The first-order valence-electron chi connectivity index (χ1n) is 11.1. The Labute approximate surface area is 234 Å². The quantitative estimate of drug-likeness (QED) is 0.150. The average Bonchev–Trinajstić information content (AvgIpc) is 3.44. The van der Waals surface area contributed by atoms with Crippen LogP contribution in [0.2, 0.25) is 10.0 Å². The number of aromatic amines is 2. The molecule has 16 heteroatoms. The molecule has 0 saturated carbocycles. The fraction of sp³-hybridized carbons (Fsp3) is 0.304. The van der Waals surface area contributed by atoms with Crippen LogP contribution in [-0.4, -0.2) is 41.7 Å². The Morgan fingerprint density at radius 3 is 1.44 bits per heavy atom. The summed E-state index contributed by atoms with van der Waals surface area (Å²) in [5.41, 5.74) is -1.66. The second kappa shape index (κ2) is 11.6. The number of nitrogens with zero attached hydrogens (tertiary/aromatic N) is 2. The first kappa shape index (κ1) is 29.6. The topological polar surface area (TPSA) is 91.5 Å². The van der Waals surface area contributed by atoms with Gasteiger partial charge in [0.2, 0.25) is 0 Å². The molecule has 2 N–H and O–H groups in total. The number of carbonyl (C=O) groups excluding carboxylic acids is 2. The van der Waals surface area contributed by atoms with E-state index in [4.69, 9.17) is 23.2 Å². The molecule has 4 rings (SSSR count). The highest BCUT2D eigenvalue weighted by molar-refractivity contribution is 8.14. The van der Waals surface area contributed by atoms with E-state index < -0.39 is 43.8 Å². The van der Waals surface area contributed by atoms with Gasteiger partial charge in [-0.15, -0.1) is 0 Å². The molecule has 2 aromatic carbocycles. The van der Waals surface area contributed by atoms with Crippen molar-refractivity contribution in [3.63, 3.8) is 0 Å². The van der Waals surface area contributed by atoms with Crippen LogP contribution in [0.15, 0.2) is 24.3 Å². The van der Waals surface area contributed by atoms with Gasteiger partial charge in [0.15, 0.2) is 11.6 Å². The summed E-state index contributed by atoms with van der Waals surface area (Å²) in [5.74, 6) is 0.686. The minimum Gasteiger partial charge on any atom is -0.335 e. The van der Waals surface area contributed by atoms with Crippen molar-refractivity contribution in [2.75, 3.05) is 11.5 Å². The molecule has 0 saturated heterocycles. The maximum Gasteiger partial charge on any atom is 0.417 e. The van der Waals surface area contributed by atoms with Crippen molar-refractivity contribution in [2.45, 2.75) is 31.6 Å². The van der Waals surface area contributed by atoms with Gasteiger partial charge in [-0.05, 0) is 37.1 Å². The third-order valence-corrected chi connectivity index (χ3v) is 7.92. The van der Waals surface area contributed by atoms with Crippen molar-refractivity contribution in [1.29, 1.82) is 0 Å². The first-order valence-corrected chi connectivity index (χ1v) is 13.8. The summed E-state index contributed by atoms with van der Waals surface area (Å²) in [6.45, 7) is 0. The van der Waals surface area contributed by atoms with Gasteiger partial charge in [-0.25, -0.2) is 9.97 Å². The van der Waals surface area contributed by atoms with Gasteiger partial charge in [0, 0.05) is 11.5 Å². The zero-order valence-corrected chi connectivity index (χ0v) is 22.5. The summed E-state index contributed by atoms with van der Waals surface area (Å²) in [7, 11) is 0. The van der Waals surface area contributed by atoms with Crippen molar-refractivity contribution in [2.24, 2.45) is 0 Å². The Morgan fingerprint density at radius 2 is 1.08 bits per heavy atom. The Morgan fingerprint density at radius 1 is 0.692 bits per heavy atom. The van der Waals surface area contributed by atoms with Crippen LogP contribution in [0.1, 0.15) is 51.6 Å². The number of rotatable bonds is 8. The van der Waals surface area contributed by atoms with E-state index in [1.54, 1.807) is 0 Å². The van der Waals surface area contributed by atoms with Crippen LogP contribution in [-0.2, 0) is 12.4 Å². The minimum atomic E-state index is -4.64. The van der Waals surface area contributed by atoms with Crippen LogP contribution < -0.4 is 0 Å². The molecule has 0 radical (unpaired) electrons. The van der Waals surface area contributed by atoms with Gasteiger partial charge >= 0.3 is 12.4 Å². The molecular formula is C23H16Cl2F6N4O2S2. The van der Waals surface area contributed by atoms with Crippen LogP contribution in [0, 0.1) is 0 Å². The number of unbranched alkanes of at least 4 members (excludes halogenated alkanes) is 2. The van der Waals surface area contributed by atoms with E-state index in [0.29, 0.717) is 30.8 Å². The average molecular weight is 629 g/mol. The normalized spacial score (nSPS) is 12.5. The van der Waals surface area contributed by atoms with Crippen molar-refractivity contribution in [1.82, 2.24) is 19.9 Å². The zero-order chi connectivity index (χ0) is 28.5. The number of thioether (sulfide) groups is 2. The molecule has 208 valence electrons. The molecule has 6 nitrogen and oxygen atoms in total. The third kappa shape index (κ3) is 7.02. The highest BCUT2D eigenvalue weighted by Gasteiger charge is 2.35. The fourth-order valence-electron chi connectivity index (χ4n) is 3.54. The van der Waals surface area contributed by atoms with Gasteiger partial charge in [-0.3, -0.25) is 9.59 Å². The van der Waals surface area contributed by atoms with E-state index in [-0.39, 0.29) is 33.7 Å². The van der Waals surface area contributed by atoms with Gasteiger partial charge in [-0.1, -0.05) is 53.1 Å². The van der Waals surface area contributed by atoms with E-state index in [9.17, 15) is 35.9 Å². The van der Waals surface area contributed by atoms with E-state index in [2.05, 4.69) is 19.9 Å². The molecule has 0 unspecified atom stereocenters. The highest BCUT2D eigenvalue weighted by Crippen LogP contribution is 2.38. The number of imidazole rings is 2. The van der Waals surface area contributed by atoms with E-state index in [0.717, 1.165) is 47.8 Å². The van der Waals surface area contributed by atoms with Crippen LogP contribution in [0.3, 0.4) is 0 Å². The molecule has 2 aromatic heterocycles. The Hall–Kier alpha value is -2.42. The first-order chi connectivity index (χ1) is 18.2. The number of aromatic nitrogens is 4. The molecule has 39 heavy (non-hydrogen) atoms. The summed E-state index contributed by atoms with van der Waals surface area (Å²) < 4.78 is 78.1. The number of halogens is 8. The number of fused-ring (bicyclic) bond motifs is 2. The predicted octanol–water partition coefficient (Wildman–Crippen LogP) is 8.40. The number of hydrogen-bond donors (Lipinski definition) is 2. The maximum atomic E-state index is 13.0. The molecule has 0 atom stereocenters. The number of carbonyl (C=O) groups is 2. The van der Waals surface area contributed by atoms with Gasteiger partial charge in [-0.2, -0.15) is 26.3 Å². The number of hydrogen-bond acceptors (Lipinski definition) is 6. The summed E-state index contributed by atoms with van der Waals surface area (Å²) in [4.78, 5) is 38.0. The van der Waals surface area contributed by atoms with Gasteiger partial charge < -0.3 is 9.97 Å². The van der Waals surface area contributed by atoms with E-state index in [1.807, 2.05) is 0 Å². The zero-order valence-electron chi connectivity index (χ0n) is 19.4. The monoisotopic (exact) mass is 628 g/mol. The predicted molar refractivity (Wildman–Crippen MR) is 140 cm³/mol. The number of alkyl halides is 6. The summed E-state index contributed by atoms with van der Waals surface area (Å²) >= 11 is 13.3. The second-order valence-electron chi connectivity index (χ2n) is 8.20. The molecule has 0 bridgehead atoms. The summed E-state index contributed by atoms with van der Waals surface area (Å²) in [6, 6.07) is 3.73. The molecule has 0 spiro atoms. The second-order valence-corrected chi connectivity index (χ2v) is 11.1. The Bertz CT molecular complexity index is 1440. The molecule has 0 aliphatic rings. The van der Waals surface area contributed by atoms with Gasteiger partial charge in [0.1, 0.15) is 0 Å². The van der Waals surface area contributed by atoms with Crippen LogP contribution in [0.4, 0.5) is 26.3 Å². The number of benzene rings is 2. The molecule has 0 aliphatic heterocycles. The van der Waals surface area contributed by atoms with E-state index in [1.165, 1.54) is 0 Å². The summed E-state index contributed by atoms with van der Waals surface area (Å²) in [6.07, 6.45) is -7.36. The fourth-order valence-corrected chi connectivity index (χ4v) is 5.60. The van der Waals surface area contributed by atoms with Gasteiger partial charge in [0.05, 0.1) is 43.2 Å². The highest BCUT2D eigenvalue weighted by atomic mass is 35.5. The molecule has 2 heterocycles. The molecule has 0 amide bonds. The lowest BCUT2D eigenvalue weighted by Crippen LogP contribution is -2.05. The van der Waals surface area contributed by atoms with Crippen LogP contribution in [0.25, 0.3) is 22.1 Å². The Kier molecular flexibility index (Phi) is 8.79. The van der Waals surface area contributed by atoms with Crippen LogP contribution in [0.5, 0.6) is 0 Å². The van der Waals surface area contributed by atoms with Crippen molar-refractivity contribution < 1.29 is 35.9 Å². The maximum absolute atomic E-state index is 13.0. The van der Waals surface area contributed by atoms with Crippen molar-refractivity contribution in [3.05, 3.63) is 57.1 Å². The standard InChI is InChI=1S/C23H16Cl2F6N4O2S2/c24-12-8-16-14(6-10(12)22(26,27)28)32-18(34-16)20(36)38-4-2-1-3-5-39-21(37)19-33-15-7-11(23(29,30)31)13(25)9-17(15)35-19/h6-9H,1-5H2,(H,32,34)(H,33,35). The van der Waals surface area contributed by atoms with Crippen LogP contribution >= 0.6 is 46.7 Å². The molecule has 0 aliphatic carbocycles. The lowest BCUT2D eigenvalue weighted by atomic mass is 10.2. The van der Waals surface area contributed by atoms with E-state index >= 15 is 0 Å². The third-order valence-electron chi connectivity index (χ3n) is 5.39. The largest absolute Gasteiger partial charge is 0.417 e. The van der Waals surface area contributed by atoms with Crippen molar-refractivity contribution in [3.8, 4) is 0 Å². The number of H-pyrrole nitrogens is 2. The molecule has 0 fully saturated rings. The van der Waals surface area contributed by atoms with Crippen molar-refractivity contribution >= 4 is 79.0 Å². The minimum absolute atomic E-state index is 0.0470. The SMILES string of the molecule is O=C(SCCCCCSC(=O)c1nc2cc(Cl)c(C(F)(F)F)cc2[nH]1)c1nc2cc(Cl)c(C(F)(F)F)cc2[nH]1. The Balaban J connectivity index is 1.21. The van der Waals surface area contributed by atoms with Gasteiger partial charge in [0.25, 0.3) is 10.2 Å². The lowest BCUT2D eigenvalue weighted by molar-refractivity contribution is -0.138.